The van der Waals surface area contributed by atoms with E-state index in [9.17, 15) is 9.90 Å². The highest BCUT2D eigenvalue weighted by Gasteiger charge is 2.42. The number of unbranched alkanes of at least 4 members (excludes halogenated alkanes) is 2. The maximum atomic E-state index is 13.7. The number of ether oxygens (including phenoxy) is 1. The highest BCUT2D eigenvalue weighted by Crippen LogP contribution is 2.46. The molecule has 0 spiro atoms. The van der Waals surface area contributed by atoms with Crippen LogP contribution in [0.4, 0.5) is 0 Å². The molecule has 0 saturated carbocycles. The lowest BCUT2D eigenvalue weighted by Gasteiger charge is -2.27. The number of phenols is 1. The normalized spacial score (nSPS) is 14.7. The highest BCUT2D eigenvalue weighted by atomic mass is 16.5. The molecule has 0 bridgehead atoms. The Balaban J connectivity index is 1.56. The largest absolute Gasteiger partial charge is 0.507 e. The van der Waals surface area contributed by atoms with Gasteiger partial charge in [0.1, 0.15) is 22.9 Å². The van der Waals surface area contributed by atoms with Gasteiger partial charge in [-0.1, -0.05) is 44.0 Å². The number of phenolic OH excluding ortho intramolecular Hbond substituents is 1. The van der Waals surface area contributed by atoms with E-state index in [-0.39, 0.29) is 17.7 Å². The average Bonchev–Trinajstić information content (AvgIpc) is 3.41. The number of rotatable bonds is 9. The smallest absolute Gasteiger partial charge is 0.273 e. The van der Waals surface area contributed by atoms with Crippen LogP contribution in [0.1, 0.15) is 70.5 Å². The number of aryl methyl sites for hydroxylation is 2. The second kappa shape index (κ2) is 10.5. The van der Waals surface area contributed by atoms with Crippen LogP contribution in [0.2, 0.25) is 0 Å². The number of nitrogens with zero attached hydrogens (tertiary/aromatic N) is 3. The molecule has 0 aliphatic carbocycles. The Labute approximate surface area is 217 Å². The van der Waals surface area contributed by atoms with Crippen molar-refractivity contribution >= 4 is 5.91 Å². The van der Waals surface area contributed by atoms with Crippen molar-refractivity contribution in [3.05, 3.63) is 94.4 Å². The number of aromatic hydroxyl groups is 1. The molecule has 5 rings (SSSR count). The van der Waals surface area contributed by atoms with Gasteiger partial charge < -0.3 is 14.7 Å². The number of pyridine rings is 1. The van der Waals surface area contributed by atoms with Crippen LogP contribution in [0, 0.1) is 13.8 Å². The fourth-order valence-corrected chi connectivity index (χ4v) is 5.13. The third-order valence-corrected chi connectivity index (χ3v) is 6.85. The van der Waals surface area contributed by atoms with E-state index in [0.717, 1.165) is 52.8 Å². The van der Waals surface area contributed by atoms with Crippen LogP contribution >= 0.6 is 0 Å². The quantitative estimate of drug-likeness (QED) is 0.273. The summed E-state index contributed by atoms with van der Waals surface area (Å²) in [7, 11) is 0. The Kier molecular flexibility index (Phi) is 6.95. The Bertz CT molecular complexity index is 1370. The van der Waals surface area contributed by atoms with Gasteiger partial charge in [-0.25, -0.2) is 0 Å². The molecule has 37 heavy (non-hydrogen) atoms. The summed E-state index contributed by atoms with van der Waals surface area (Å²) < 4.78 is 5.92. The van der Waals surface area contributed by atoms with Crippen LogP contribution in [-0.2, 0) is 6.54 Å². The van der Waals surface area contributed by atoms with Gasteiger partial charge in [0, 0.05) is 30.1 Å². The minimum Gasteiger partial charge on any atom is -0.507 e. The van der Waals surface area contributed by atoms with Gasteiger partial charge in [-0.05, 0) is 66.8 Å². The number of fused-ring (bicyclic) bond motifs is 1. The number of amides is 1. The first-order valence-electron chi connectivity index (χ1n) is 12.8. The molecule has 190 valence electrons. The fraction of sp³-hybridized carbons (Fsp3) is 0.300. The molecular formula is C30H32N4O3. The molecule has 4 aromatic rings. The van der Waals surface area contributed by atoms with Gasteiger partial charge in [0.25, 0.3) is 5.91 Å². The molecule has 7 nitrogen and oxygen atoms in total. The molecule has 0 radical (unpaired) electrons. The number of carbonyl (C=O) groups is 1. The molecule has 1 aliphatic rings. The van der Waals surface area contributed by atoms with E-state index in [1.54, 1.807) is 18.5 Å². The lowest BCUT2D eigenvalue weighted by Crippen LogP contribution is -2.29. The summed E-state index contributed by atoms with van der Waals surface area (Å²) in [6, 6.07) is 15.1. The first kappa shape index (κ1) is 24.6. The number of H-pyrrole nitrogens is 1. The molecule has 2 N–H and O–H groups in total. The van der Waals surface area contributed by atoms with Gasteiger partial charge in [-0.3, -0.25) is 14.9 Å². The number of nitrogens with one attached hydrogen (secondary N) is 1. The minimum absolute atomic E-state index is 0.133. The van der Waals surface area contributed by atoms with Crippen LogP contribution in [0.5, 0.6) is 11.5 Å². The number of hydrogen-bond acceptors (Lipinski definition) is 5. The van der Waals surface area contributed by atoms with Crippen molar-refractivity contribution in [2.45, 2.75) is 52.6 Å². The summed E-state index contributed by atoms with van der Waals surface area (Å²) >= 11 is 0. The zero-order chi connectivity index (χ0) is 25.9. The van der Waals surface area contributed by atoms with E-state index in [0.29, 0.717) is 30.1 Å². The van der Waals surface area contributed by atoms with E-state index < -0.39 is 0 Å². The summed E-state index contributed by atoms with van der Waals surface area (Å²) in [6.07, 6.45) is 6.81. The zero-order valence-corrected chi connectivity index (χ0v) is 21.5. The third-order valence-electron chi connectivity index (χ3n) is 6.85. The van der Waals surface area contributed by atoms with Gasteiger partial charge in [0.05, 0.1) is 12.6 Å². The summed E-state index contributed by atoms with van der Waals surface area (Å²) in [5.41, 5.74) is 6.20. The molecule has 1 aliphatic heterocycles. The predicted molar refractivity (Wildman–Crippen MR) is 143 cm³/mol. The maximum absolute atomic E-state index is 13.7. The van der Waals surface area contributed by atoms with E-state index in [1.165, 1.54) is 0 Å². The molecule has 7 heteroatoms. The van der Waals surface area contributed by atoms with E-state index >= 15 is 0 Å². The maximum Gasteiger partial charge on any atom is 0.273 e. The average molecular weight is 497 g/mol. The SMILES string of the molecule is CCCCCOc1ccc(C2c3c(-c4c(C)cc(C)cc4O)n[nH]c3C(=O)N2Cc2cccnc2)cc1. The number of benzene rings is 2. The zero-order valence-electron chi connectivity index (χ0n) is 21.5. The van der Waals surface area contributed by atoms with Crippen LogP contribution in [0.25, 0.3) is 11.3 Å². The molecule has 1 atom stereocenters. The third kappa shape index (κ3) is 4.81. The summed E-state index contributed by atoms with van der Waals surface area (Å²) in [5, 5.41) is 18.4. The van der Waals surface area contributed by atoms with Crippen molar-refractivity contribution in [2.24, 2.45) is 0 Å². The number of carbonyl (C=O) groups excluding carboxylic acids is 1. The molecule has 3 heterocycles. The highest BCUT2D eigenvalue weighted by molar-refractivity contribution is 6.00. The topological polar surface area (TPSA) is 91.3 Å². The Hall–Kier alpha value is -4.13. The number of hydrogen-bond donors (Lipinski definition) is 2. The van der Waals surface area contributed by atoms with Crippen LogP contribution in [0.3, 0.4) is 0 Å². The summed E-state index contributed by atoms with van der Waals surface area (Å²) in [4.78, 5) is 19.7. The molecule has 2 aromatic heterocycles. The van der Waals surface area contributed by atoms with Crippen molar-refractivity contribution in [2.75, 3.05) is 6.61 Å². The van der Waals surface area contributed by atoms with E-state index in [2.05, 4.69) is 22.1 Å². The lowest BCUT2D eigenvalue weighted by atomic mass is 9.93. The Morgan fingerprint density at radius 2 is 1.92 bits per heavy atom. The van der Waals surface area contributed by atoms with Crippen molar-refractivity contribution in [1.82, 2.24) is 20.1 Å². The standard InChI is InChI=1S/C30H32N4O3/c1-4-5-6-14-37-23-11-9-22(10-12-23)29-26-27(25-20(3)15-19(2)16-24(25)35)32-33-28(26)30(36)34(29)18-21-8-7-13-31-17-21/h7-13,15-17,29,35H,4-6,14,18H2,1-3H3,(H,32,33). The van der Waals surface area contributed by atoms with Gasteiger partial charge in [-0.2, -0.15) is 5.10 Å². The first-order chi connectivity index (χ1) is 18.0. The number of aromatic nitrogens is 3. The summed E-state index contributed by atoms with van der Waals surface area (Å²) in [5.74, 6) is 0.828. The molecule has 2 aromatic carbocycles. The van der Waals surface area contributed by atoms with Crippen LogP contribution in [0.15, 0.2) is 60.9 Å². The lowest BCUT2D eigenvalue weighted by molar-refractivity contribution is 0.0730. The molecule has 1 amide bonds. The van der Waals surface area contributed by atoms with Gasteiger partial charge in [-0.15, -0.1) is 0 Å². The first-order valence-corrected chi connectivity index (χ1v) is 12.8. The van der Waals surface area contributed by atoms with E-state index in [1.807, 2.05) is 61.2 Å². The van der Waals surface area contributed by atoms with Gasteiger partial charge in [0.2, 0.25) is 0 Å². The fourth-order valence-electron chi connectivity index (χ4n) is 5.13. The van der Waals surface area contributed by atoms with Crippen molar-refractivity contribution in [3.63, 3.8) is 0 Å². The van der Waals surface area contributed by atoms with E-state index in [4.69, 9.17) is 4.74 Å². The monoisotopic (exact) mass is 496 g/mol. The van der Waals surface area contributed by atoms with Gasteiger partial charge >= 0.3 is 0 Å². The van der Waals surface area contributed by atoms with Crippen molar-refractivity contribution in [3.8, 4) is 22.8 Å². The van der Waals surface area contributed by atoms with Crippen LogP contribution in [-0.4, -0.2) is 37.7 Å². The second-order valence-electron chi connectivity index (χ2n) is 9.66. The van der Waals surface area contributed by atoms with Crippen molar-refractivity contribution < 1.29 is 14.6 Å². The molecule has 0 fully saturated rings. The predicted octanol–water partition coefficient (Wildman–Crippen LogP) is 6.11. The van der Waals surface area contributed by atoms with Crippen LogP contribution < -0.4 is 4.74 Å². The molecule has 0 saturated heterocycles. The minimum atomic E-state index is -0.384. The number of aromatic amines is 1. The van der Waals surface area contributed by atoms with Gasteiger partial charge in [0.15, 0.2) is 0 Å². The Morgan fingerprint density at radius 1 is 1.11 bits per heavy atom. The molecular weight excluding hydrogens is 464 g/mol. The second-order valence-corrected chi connectivity index (χ2v) is 9.66. The summed E-state index contributed by atoms with van der Waals surface area (Å²) in [6.45, 7) is 7.15. The Morgan fingerprint density at radius 3 is 2.62 bits per heavy atom. The molecule has 1 unspecified atom stereocenters. The van der Waals surface area contributed by atoms with Crippen molar-refractivity contribution in [1.29, 1.82) is 0 Å².